The Morgan fingerprint density at radius 2 is 2.06 bits per heavy atom. The molecule has 2 aliphatic rings. The minimum atomic E-state index is -0.0950. The minimum absolute atomic E-state index is 0. The van der Waals surface area contributed by atoms with Crippen LogP contribution in [0.3, 0.4) is 0 Å². The van der Waals surface area contributed by atoms with Gasteiger partial charge in [0.1, 0.15) is 5.39 Å². The van der Waals surface area contributed by atoms with Crippen molar-refractivity contribution >= 4 is 46.4 Å². The maximum absolute atomic E-state index is 13.2. The molecule has 172 valence electrons. The lowest BCUT2D eigenvalue weighted by atomic mass is 10.0. The highest BCUT2D eigenvalue weighted by molar-refractivity contribution is 7.10. The van der Waals surface area contributed by atoms with Gasteiger partial charge in [-0.15, -0.1) is 23.7 Å². The van der Waals surface area contributed by atoms with E-state index in [4.69, 9.17) is 9.97 Å². The third-order valence-corrected chi connectivity index (χ3v) is 7.11. The number of benzene rings is 1. The van der Waals surface area contributed by atoms with Gasteiger partial charge in [-0.2, -0.15) is 4.98 Å². The summed E-state index contributed by atoms with van der Waals surface area (Å²) >= 11 is 1.66. The maximum atomic E-state index is 13.2. The van der Waals surface area contributed by atoms with Crippen LogP contribution in [-0.2, 0) is 13.0 Å². The van der Waals surface area contributed by atoms with Crippen molar-refractivity contribution in [1.82, 2.24) is 29.6 Å². The molecule has 0 unspecified atom stereocenters. The van der Waals surface area contributed by atoms with Crippen LogP contribution in [0, 0.1) is 0 Å². The average Bonchev–Trinajstić information content (AvgIpc) is 3.46. The van der Waals surface area contributed by atoms with Gasteiger partial charge in [0.2, 0.25) is 5.95 Å². The van der Waals surface area contributed by atoms with E-state index in [0.717, 1.165) is 36.0 Å². The van der Waals surface area contributed by atoms with Crippen molar-refractivity contribution < 1.29 is 0 Å². The van der Waals surface area contributed by atoms with Crippen molar-refractivity contribution in [3.63, 3.8) is 0 Å². The number of anilines is 2. The summed E-state index contributed by atoms with van der Waals surface area (Å²) in [6, 6.07) is 6.33. The lowest BCUT2D eigenvalue weighted by Gasteiger charge is -2.18. The van der Waals surface area contributed by atoms with Gasteiger partial charge < -0.3 is 10.6 Å². The average molecular weight is 484 g/mol. The molecule has 10 heteroatoms. The van der Waals surface area contributed by atoms with Gasteiger partial charge in [-0.1, -0.05) is 6.07 Å². The molecule has 0 amide bonds. The fraction of sp³-hybridized carbons (Fsp3) is 0.391. The maximum Gasteiger partial charge on any atom is 0.278 e. The fourth-order valence-corrected chi connectivity index (χ4v) is 5.28. The summed E-state index contributed by atoms with van der Waals surface area (Å²) in [6.45, 7) is 5.88. The van der Waals surface area contributed by atoms with Crippen LogP contribution in [0.2, 0.25) is 0 Å². The van der Waals surface area contributed by atoms with Crippen molar-refractivity contribution in [2.75, 3.05) is 11.9 Å². The number of thiazole rings is 1. The number of nitrogens with one attached hydrogen (secondary N) is 2. The van der Waals surface area contributed by atoms with Crippen LogP contribution < -0.4 is 16.2 Å². The Morgan fingerprint density at radius 1 is 1.21 bits per heavy atom. The highest BCUT2D eigenvalue weighted by Gasteiger charge is 2.28. The summed E-state index contributed by atoms with van der Waals surface area (Å²) in [5, 5.41) is 10.4. The van der Waals surface area contributed by atoms with E-state index >= 15 is 0 Å². The number of rotatable bonds is 5. The molecule has 2 N–H and O–H groups in total. The first kappa shape index (κ1) is 22.1. The van der Waals surface area contributed by atoms with E-state index in [-0.39, 0.29) is 24.0 Å². The normalized spacial score (nSPS) is 15.5. The highest BCUT2D eigenvalue weighted by atomic mass is 35.5. The number of halogens is 1. The van der Waals surface area contributed by atoms with Crippen LogP contribution >= 0.6 is 23.7 Å². The largest absolute Gasteiger partial charge is 0.324 e. The van der Waals surface area contributed by atoms with Crippen molar-refractivity contribution in [2.24, 2.45) is 0 Å². The molecule has 8 nitrogen and oxygen atoms in total. The second kappa shape index (κ2) is 8.55. The SMILES string of the molecule is CC(C)n1c(=O)c2cnc(Nc3ccc4c(c3)CNCC4)nc2n1-c1csc(C2CC2)n1.Cl. The zero-order chi connectivity index (χ0) is 21.8. The molecule has 4 heterocycles. The molecule has 6 rings (SSSR count). The van der Waals surface area contributed by atoms with Gasteiger partial charge in [-0.05, 0) is 62.9 Å². The van der Waals surface area contributed by atoms with Gasteiger partial charge in [0, 0.05) is 35.8 Å². The van der Waals surface area contributed by atoms with Gasteiger partial charge in [0.25, 0.3) is 5.56 Å². The van der Waals surface area contributed by atoms with Gasteiger partial charge in [-0.3, -0.25) is 4.79 Å². The summed E-state index contributed by atoms with van der Waals surface area (Å²) in [6.07, 6.45) is 5.06. The second-order valence-corrected chi connectivity index (χ2v) is 9.73. The number of aromatic nitrogens is 5. The Bertz CT molecular complexity index is 1390. The summed E-state index contributed by atoms with van der Waals surface area (Å²) in [5.74, 6) is 1.79. The number of nitrogens with zero attached hydrogens (tertiary/aromatic N) is 5. The van der Waals surface area contributed by atoms with E-state index in [1.807, 2.05) is 23.9 Å². The van der Waals surface area contributed by atoms with E-state index in [9.17, 15) is 4.79 Å². The Balaban J connectivity index is 0.00000228. The molecule has 0 bridgehead atoms. The smallest absolute Gasteiger partial charge is 0.278 e. The van der Waals surface area contributed by atoms with Crippen LogP contribution in [0.5, 0.6) is 0 Å². The van der Waals surface area contributed by atoms with Crippen molar-refractivity contribution in [3.05, 3.63) is 56.3 Å². The lowest BCUT2D eigenvalue weighted by Crippen LogP contribution is -2.24. The Morgan fingerprint density at radius 3 is 2.85 bits per heavy atom. The highest BCUT2D eigenvalue weighted by Crippen LogP contribution is 2.42. The lowest BCUT2D eigenvalue weighted by molar-refractivity contribution is 0.472. The van der Waals surface area contributed by atoms with Gasteiger partial charge in [-0.25, -0.2) is 19.3 Å². The van der Waals surface area contributed by atoms with E-state index < -0.39 is 0 Å². The molecule has 33 heavy (non-hydrogen) atoms. The molecule has 1 saturated carbocycles. The number of hydrogen-bond acceptors (Lipinski definition) is 7. The molecule has 0 saturated heterocycles. The Kier molecular flexibility index (Phi) is 5.72. The predicted octanol–water partition coefficient (Wildman–Crippen LogP) is 4.31. The first-order chi connectivity index (χ1) is 15.6. The van der Waals surface area contributed by atoms with E-state index in [2.05, 4.69) is 33.8 Å². The zero-order valence-corrected chi connectivity index (χ0v) is 20.2. The standard InChI is InChI=1S/C23H25N7OS.ClH/c1-13(2)29-22(31)18-11-25-23(26-17-6-5-14-7-8-24-10-16(14)9-17)28-20(18)30(29)19-12-32-21(27-19)15-3-4-15;/h5-6,9,11-13,15,24H,3-4,7-8,10H2,1-2H3,(H,25,26,28);1H. The summed E-state index contributed by atoms with van der Waals surface area (Å²) in [7, 11) is 0. The first-order valence-electron chi connectivity index (χ1n) is 11.1. The third kappa shape index (κ3) is 3.94. The summed E-state index contributed by atoms with van der Waals surface area (Å²) in [4.78, 5) is 27.2. The molecule has 4 aromatic rings. The van der Waals surface area contributed by atoms with Crippen molar-refractivity contribution in [1.29, 1.82) is 0 Å². The number of hydrogen-bond donors (Lipinski definition) is 2. The molecular weight excluding hydrogens is 458 g/mol. The molecular formula is C23H26ClN7OS. The molecule has 1 fully saturated rings. The summed E-state index contributed by atoms with van der Waals surface area (Å²) < 4.78 is 3.58. The Hall–Kier alpha value is -2.75. The zero-order valence-electron chi connectivity index (χ0n) is 18.5. The quantitative estimate of drug-likeness (QED) is 0.439. The van der Waals surface area contributed by atoms with Crippen molar-refractivity contribution in [3.8, 4) is 5.82 Å². The molecule has 1 aliphatic heterocycles. The van der Waals surface area contributed by atoms with E-state index in [1.54, 1.807) is 22.2 Å². The summed E-state index contributed by atoms with van der Waals surface area (Å²) in [5.41, 5.74) is 4.09. The third-order valence-electron chi connectivity index (χ3n) is 6.11. The molecule has 0 radical (unpaired) electrons. The Labute approximate surface area is 201 Å². The molecule has 1 aliphatic carbocycles. The van der Waals surface area contributed by atoms with Gasteiger partial charge in [0.15, 0.2) is 11.5 Å². The van der Waals surface area contributed by atoms with E-state index in [0.29, 0.717) is 22.9 Å². The van der Waals surface area contributed by atoms with E-state index in [1.165, 1.54) is 24.0 Å². The van der Waals surface area contributed by atoms with Crippen molar-refractivity contribution in [2.45, 2.75) is 51.6 Å². The molecule has 3 aromatic heterocycles. The molecule has 0 spiro atoms. The second-order valence-electron chi connectivity index (χ2n) is 8.84. The molecule has 1 aromatic carbocycles. The monoisotopic (exact) mass is 483 g/mol. The van der Waals surface area contributed by atoms with Crippen LogP contribution in [0.25, 0.3) is 16.9 Å². The van der Waals surface area contributed by atoms with Crippen LogP contribution in [0.4, 0.5) is 11.6 Å². The first-order valence-corrected chi connectivity index (χ1v) is 12.0. The minimum Gasteiger partial charge on any atom is -0.324 e. The van der Waals surface area contributed by atoms with Crippen LogP contribution in [0.15, 0.2) is 34.6 Å². The van der Waals surface area contributed by atoms with Crippen LogP contribution in [0.1, 0.15) is 54.8 Å². The van der Waals surface area contributed by atoms with Gasteiger partial charge in [0.05, 0.1) is 5.01 Å². The fourth-order valence-electron chi connectivity index (χ4n) is 4.33. The van der Waals surface area contributed by atoms with Gasteiger partial charge >= 0.3 is 0 Å². The molecule has 0 atom stereocenters. The number of fused-ring (bicyclic) bond motifs is 2. The predicted molar refractivity (Wildman–Crippen MR) is 134 cm³/mol. The topological polar surface area (TPSA) is 89.7 Å². The van der Waals surface area contributed by atoms with Crippen LogP contribution in [-0.4, -0.2) is 30.9 Å².